The molecule has 2 rings (SSSR count). The lowest BCUT2D eigenvalue weighted by Crippen LogP contribution is -2.45. The molecule has 1 saturated heterocycles. The van der Waals surface area contributed by atoms with Crippen molar-refractivity contribution in [1.29, 1.82) is 5.26 Å². The zero-order chi connectivity index (χ0) is 16.4. The van der Waals surface area contributed by atoms with Crippen LogP contribution in [-0.2, 0) is 16.2 Å². The monoisotopic (exact) mass is 369 g/mol. The highest BCUT2D eigenvalue weighted by Gasteiger charge is 2.34. The maximum atomic E-state index is 12.7. The quantitative estimate of drug-likeness (QED) is 0.854. The minimum absolute atomic E-state index is 0. The van der Waals surface area contributed by atoms with Crippen molar-refractivity contribution in [3.05, 3.63) is 29.3 Å². The second-order valence-corrected chi connectivity index (χ2v) is 6.70. The highest BCUT2D eigenvalue weighted by molar-refractivity contribution is 7.89. The van der Waals surface area contributed by atoms with Crippen molar-refractivity contribution in [3.8, 4) is 6.07 Å². The van der Waals surface area contributed by atoms with Crippen molar-refractivity contribution in [2.45, 2.75) is 30.0 Å². The Kier molecular flexibility index (Phi) is 6.41. The molecule has 0 aliphatic carbocycles. The van der Waals surface area contributed by atoms with Crippen LogP contribution < -0.4 is 10.0 Å². The Bertz CT molecular complexity index is 695. The summed E-state index contributed by atoms with van der Waals surface area (Å²) in [4.78, 5) is -0.345. The molecule has 1 aliphatic rings. The number of sulfonamides is 1. The molecule has 0 amide bonds. The van der Waals surface area contributed by atoms with Crippen LogP contribution in [0.5, 0.6) is 0 Å². The number of hydrogen-bond donors (Lipinski definition) is 2. The molecule has 1 aromatic carbocycles. The largest absolute Gasteiger partial charge is 0.417 e. The van der Waals surface area contributed by atoms with E-state index in [4.69, 9.17) is 5.26 Å². The Morgan fingerprint density at radius 1 is 1.35 bits per heavy atom. The first-order valence-corrected chi connectivity index (χ1v) is 8.07. The van der Waals surface area contributed by atoms with Crippen LogP contribution in [0.25, 0.3) is 0 Å². The van der Waals surface area contributed by atoms with Gasteiger partial charge >= 0.3 is 6.18 Å². The summed E-state index contributed by atoms with van der Waals surface area (Å²) < 4.78 is 65.0. The molecule has 0 aromatic heterocycles. The Balaban J connectivity index is 0.00000264. The van der Waals surface area contributed by atoms with E-state index in [2.05, 4.69) is 10.0 Å². The molecular formula is C13H15ClF3N3O2S. The molecule has 0 bridgehead atoms. The van der Waals surface area contributed by atoms with Crippen LogP contribution in [0.3, 0.4) is 0 Å². The van der Waals surface area contributed by atoms with Gasteiger partial charge in [0.1, 0.15) is 0 Å². The summed E-state index contributed by atoms with van der Waals surface area (Å²) in [6.45, 7) is 1.27. The average Bonchev–Trinajstić information content (AvgIpc) is 2.46. The molecule has 5 nitrogen and oxygen atoms in total. The summed E-state index contributed by atoms with van der Waals surface area (Å²) in [6.07, 6.45) is -3.24. The van der Waals surface area contributed by atoms with E-state index in [1.165, 1.54) is 6.07 Å². The molecule has 1 fully saturated rings. The molecular weight excluding hydrogens is 355 g/mol. The predicted molar refractivity (Wildman–Crippen MR) is 79.6 cm³/mol. The van der Waals surface area contributed by atoms with Crippen LogP contribution in [0.4, 0.5) is 13.2 Å². The average molecular weight is 370 g/mol. The van der Waals surface area contributed by atoms with Crippen molar-refractivity contribution in [2.75, 3.05) is 13.1 Å². The van der Waals surface area contributed by atoms with E-state index in [0.717, 1.165) is 25.1 Å². The zero-order valence-corrected chi connectivity index (χ0v) is 13.5. The van der Waals surface area contributed by atoms with Crippen LogP contribution in [-0.4, -0.2) is 27.5 Å². The lowest BCUT2D eigenvalue weighted by Gasteiger charge is -2.23. The number of benzene rings is 1. The number of nitrogens with zero attached hydrogens (tertiary/aromatic N) is 1. The Hall–Kier alpha value is -1.34. The highest BCUT2D eigenvalue weighted by Crippen LogP contribution is 2.32. The normalized spacial score (nSPS) is 18.8. The molecule has 1 aromatic rings. The SMILES string of the molecule is Cl.N#Cc1cc(S(=O)(=O)NC2CCCNC2)ccc1C(F)(F)F. The third kappa shape index (κ3) is 4.81. The fourth-order valence-electron chi connectivity index (χ4n) is 2.27. The Morgan fingerprint density at radius 3 is 2.57 bits per heavy atom. The number of piperidine rings is 1. The lowest BCUT2D eigenvalue weighted by molar-refractivity contribution is -0.137. The van der Waals surface area contributed by atoms with Gasteiger partial charge in [-0.15, -0.1) is 12.4 Å². The van der Waals surface area contributed by atoms with Gasteiger partial charge < -0.3 is 5.32 Å². The maximum Gasteiger partial charge on any atom is 0.417 e. The second-order valence-electron chi connectivity index (χ2n) is 4.98. The highest BCUT2D eigenvalue weighted by atomic mass is 35.5. The maximum absolute atomic E-state index is 12.7. The molecule has 0 saturated carbocycles. The molecule has 10 heteroatoms. The number of rotatable bonds is 3. The van der Waals surface area contributed by atoms with Gasteiger partial charge in [0.2, 0.25) is 10.0 Å². The number of halogens is 4. The van der Waals surface area contributed by atoms with Gasteiger partial charge in [-0.2, -0.15) is 18.4 Å². The van der Waals surface area contributed by atoms with Gasteiger partial charge in [0, 0.05) is 12.6 Å². The number of nitrogens with one attached hydrogen (secondary N) is 2. The van der Waals surface area contributed by atoms with E-state index in [-0.39, 0.29) is 23.3 Å². The third-order valence-electron chi connectivity index (χ3n) is 3.35. The number of nitriles is 1. The van der Waals surface area contributed by atoms with E-state index >= 15 is 0 Å². The smallest absolute Gasteiger partial charge is 0.315 e. The summed E-state index contributed by atoms with van der Waals surface area (Å²) in [5.41, 5.74) is -1.86. The Morgan fingerprint density at radius 2 is 2.04 bits per heavy atom. The minimum Gasteiger partial charge on any atom is -0.315 e. The van der Waals surface area contributed by atoms with Gasteiger partial charge in [0.15, 0.2) is 0 Å². The molecule has 1 aliphatic heterocycles. The van der Waals surface area contributed by atoms with Gasteiger partial charge in [-0.25, -0.2) is 13.1 Å². The second kappa shape index (κ2) is 7.49. The third-order valence-corrected chi connectivity index (χ3v) is 4.86. The summed E-state index contributed by atoms with van der Waals surface area (Å²) >= 11 is 0. The molecule has 1 atom stereocenters. The van der Waals surface area contributed by atoms with Crippen molar-refractivity contribution in [1.82, 2.24) is 10.0 Å². The molecule has 1 heterocycles. The molecule has 0 radical (unpaired) electrons. The summed E-state index contributed by atoms with van der Waals surface area (Å²) in [6, 6.07) is 3.31. The molecule has 128 valence electrons. The van der Waals surface area contributed by atoms with Crippen LogP contribution in [0.15, 0.2) is 23.1 Å². The lowest BCUT2D eigenvalue weighted by atomic mass is 10.1. The fraction of sp³-hybridized carbons (Fsp3) is 0.462. The first-order chi connectivity index (χ1) is 10.2. The van der Waals surface area contributed by atoms with Crippen LogP contribution in [0, 0.1) is 11.3 Å². The summed E-state index contributed by atoms with van der Waals surface area (Å²) in [7, 11) is -3.96. The summed E-state index contributed by atoms with van der Waals surface area (Å²) in [5, 5.41) is 11.9. The van der Waals surface area contributed by atoms with Gasteiger partial charge in [-0.05, 0) is 37.6 Å². The standard InChI is InChI=1S/C13H14F3N3O2S.ClH/c14-13(15,16)12-4-3-11(6-9(12)7-17)22(20,21)19-10-2-1-5-18-8-10;/h3-4,6,10,18-19H,1-2,5,8H2;1H. The van der Waals surface area contributed by atoms with Gasteiger partial charge in [0.25, 0.3) is 0 Å². The number of hydrogen-bond acceptors (Lipinski definition) is 4. The minimum atomic E-state index is -4.70. The van der Waals surface area contributed by atoms with E-state index in [1.54, 1.807) is 0 Å². The van der Waals surface area contributed by atoms with E-state index in [0.29, 0.717) is 19.0 Å². The van der Waals surface area contributed by atoms with Gasteiger partial charge in [0.05, 0.1) is 22.1 Å². The first kappa shape index (κ1) is 19.7. The molecule has 1 unspecified atom stereocenters. The molecule has 0 spiro atoms. The van der Waals surface area contributed by atoms with Gasteiger partial charge in [-0.3, -0.25) is 0 Å². The van der Waals surface area contributed by atoms with E-state index < -0.39 is 27.3 Å². The van der Waals surface area contributed by atoms with E-state index in [9.17, 15) is 21.6 Å². The Labute approximate surface area is 138 Å². The van der Waals surface area contributed by atoms with Crippen molar-refractivity contribution < 1.29 is 21.6 Å². The van der Waals surface area contributed by atoms with Crippen molar-refractivity contribution >= 4 is 22.4 Å². The van der Waals surface area contributed by atoms with Crippen molar-refractivity contribution in [3.63, 3.8) is 0 Å². The predicted octanol–water partition coefficient (Wildman–Crippen LogP) is 2.03. The van der Waals surface area contributed by atoms with Crippen LogP contribution >= 0.6 is 12.4 Å². The first-order valence-electron chi connectivity index (χ1n) is 6.58. The van der Waals surface area contributed by atoms with Gasteiger partial charge in [-0.1, -0.05) is 0 Å². The molecule has 2 N–H and O–H groups in total. The fourth-order valence-corrected chi connectivity index (χ4v) is 3.57. The van der Waals surface area contributed by atoms with E-state index in [1.807, 2.05) is 0 Å². The van der Waals surface area contributed by atoms with Crippen LogP contribution in [0.1, 0.15) is 24.0 Å². The van der Waals surface area contributed by atoms with Crippen LogP contribution in [0.2, 0.25) is 0 Å². The van der Waals surface area contributed by atoms with Crippen molar-refractivity contribution in [2.24, 2.45) is 0 Å². The number of alkyl halides is 3. The summed E-state index contributed by atoms with van der Waals surface area (Å²) in [5.74, 6) is 0. The molecule has 23 heavy (non-hydrogen) atoms. The topological polar surface area (TPSA) is 82.0 Å². The zero-order valence-electron chi connectivity index (χ0n) is 11.9.